The Balaban J connectivity index is 1.11. The summed E-state index contributed by atoms with van der Waals surface area (Å²) in [7, 11) is 0. The van der Waals surface area contributed by atoms with Gasteiger partial charge in [0.25, 0.3) is 5.69 Å². The van der Waals surface area contributed by atoms with E-state index in [1.165, 1.54) is 34.5 Å². The van der Waals surface area contributed by atoms with Gasteiger partial charge in [0, 0.05) is 44.2 Å². The van der Waals surface area contributed by atoms with E-state index in [1.54, 1.807) is 6.07 Å². The molecule has 0 bridgehead atoms. The molecule has 9 heteroatoms. The number of nitrogens with one attached hydrogen (secondary N) is 2. The maximum absolute atomic E-state index is 11.0. The van der Waals surface area contributed by atoms with Crippen molar-refractivity contribution in [2.24, 2.45) is 0 Å². The van der Waals surface area contributed by atoms with E-state index in [4.69, 9.17) is 4.98 Å². The summed E-state index contributed by atoms with van der Waals surface area (Å²) in [5.41, 5.74) is 7.49. The van der Waals surface area contributed by atoms with Crippen LogP contribution in [0, 0.1) is 10.1 Å². The Kier molecular flexibility index (Phi) is 7.56. The van der Waals surface area contributed by atoms with Crippen molar-refractivity contribution in [3.05, 3.63) is 129 Å². The number of imidazole rings is 1. The van der Waals surface area contributed by atoms with E-state index in [1.807, 2.05) is 30.6 Å². The van der Waals surface area contributed by atoms with Crippen molar-refractivity contribution < 1.29 is 4.92 Å². The Hall–Kier alpha value is -4.47. The minimum atomic E-state index is -0.398. The maximum atomic E-state index is 11.0. The largest absolute Gasteiger partial charge is 0.341 e. The van der Waals surface area contributed by atoms with E-state index in [2.05, 4.69) is 61.6 Å². The number of benzene rings is 2. The number of aromatic nitrogens is 4. The average molecular weight is 534 g/mol. The van der Waals surface area contributed by atoms with Crippen LogP contribution in [0.5, 0.6) is 0 Å². The molecule has 0 saturated carbocycles. The monoisotopic (exact) mass is 533 g/mol. The summed E-state index contributed by atoms with van der Waals surface area (Å²) in [6, 6.07) is 24.0. The summed E-state index contributed by atoms with van der Waals surface area (Å²) in [5, 5.41) is 14.4. The Bertz CT molecular complexity index is 1600. The van der Waals surface area contributed by atoms with E-state index in [0.29, 0.717) is 18.6 Å². The Morgan fingerprint density at radius 2 is 1.80 bits per heavy atom. The molecular formula is C31H31N7O2. The summed E-state index contributed by atoms with van der Waals surface area (Å²) in [6.45, 7) is 2.81. The minimum absolute atomic E-state index is 0.0540. The number of fused-ring (bicyclic) bond motifs is 2. The molecule has 1 aliphatic carbocycles. The number of nitrogens with zero attached hydrogens (tertiary/aromatic N) is 5. The Morgan fingerprint density at radius 3 is 2.62 bits per heavy atom. The van der Waals surface area contributed by atoms with E-state index in [9.17, 15) is 10.1 Å². The predicted molar refractivity (Wildman–Crippen MR) is 153 cm³/mol. The first kappa shape index (κ1) is 25.8. The maximum Gasteiger partial charge on any atom is 0.271 e. The molecule has 9 nitrogen and oxygen atoms in total. The van der Waals surface area contributed by atoms with Gasteiger partial charge in [-0.3, -0.25) is 25.0 Å². The second kappa shape index (κ2) is 11.7. The SMILES string of the molecule is O=[N+]([O-])c1ccc2nc(CNCc3ccc(CN(Cc4ccccn4)C4CCCc5cccnc54)cc3)[nH]c2c1. The van der Waals surface area contributed by atoms with Crippen LogP contribution in [-0.4, -0.2) is 29.8 Å². The fraction of sp³-hybridized carbons (Fsp3) is 0.258. The fourth-order valence-electron chi connectivity index (χ4n) is 5.49. The third kappa shape index (κ3) is 5.90. The van der Waals surface area contributed by atoms with Crippen LogP contribution < -0.4 is 5.32 Å². The van der Waals surface area contributed by atoms with Crippen molar-refractivity contribution >= 4 is 16.7 Å². The zero-order valence-corrected chi connectivity index (χ0v) is 22.2. The summed E-state index contributed by atoms with van der Waals surface area (Å²) in [4.78, 5) is 30.2. The Morgan fingerprint density at radius 1 is 0.950 bits per heavy atom. The van der Waals surface area contributed by atoms with Crippen molar-refractivity contribution in [1.82, 2.24) is 30.2 Å². The lowest BCUT2D eigenvalue weighted by Gasteiger charge is -2.35. The van der Waals surface area contributed by atoms with E-state index < -0.39 is 4.92 Å². The molecule has 1 aliphatic rings. The molecule has 202 valence electrons. The number of hydrogen-bond acceptors (Lipinski definition) is 7. The summed E-state index contributed by atoms with van der Waals surface area (Å²) >= 11 is 0. The highest BCUT2D eigenvalue weighted by molar-refractivity contribution is 5.77. The summed E-state index contributed by atoms with van der Waals surface area (Å²) in [5.74, 6) is 0.749. The van der Waals surface area contributed by atoms with Crippen molar-refractivity contribution in [1.29, 1.82) is 0 Å². The number of aryl methyl sites for hydroxylation is 1. The minimum Gasteiger partial charge on any atom is -0.341 e. The molecule has 0 saturated heterocycles. The van der Waals surface area contributed by atoms with Crippen LogP contribution in [0.2, 0.25) is 0 Å². The smallest absolute Gasteiger partial charge is 0.271 e. The predicted octanol–water partition coefficient (Wildman–Crippen LogP) is 5.63. The molecular weight excluding hydrogens is 502 g/mol. The van der Waals surface area contributed by atoms with Gasteiger partial charge in [-0.05, 0) is 60.2 Å². The molecule has 3 heterocycles. The van der Waals surface area contributed by atoms with Crippen LogP contribution >= 0.6 is 0 Å². The fourth-order valence-corrected chi connectivity index (χ4v) is 5.49. The normalized spacial score (nSPS) is 14.9. The highest BCUT2D eigenvalue weighted by Crippen LogP contribution is 2.34. The first-order valence-electron chi connectivity index (χ1n) is 13.6. The zero-order valence-electron chi connectivity index (χ0n) is 22.2. The molecule has 2 N–H and O–H groups in total. The van der Waals surface area contributed by atoms with Gasteiger partial charge in [0.15, 0.2) is 0 Å². The first-order chi connectivity index (χ1) is 19.6. The Labute approximate surface area is 232 Å². The van der Waals surface area contributed by atoms with Crippen LogP contribution in [0.25, 0.3) is 11.0 Å². The van der Waals surface area contributed by atoms with E-state index in [0.717, 1.165) is 49.4 Å². The molecule has 3 aromatic heterocycles. The number of H-pyrrole nitrogens is 1. The third-order valence-corrected chi connectivity index (χ3v) is 7.45. The lowest BCUT2D eigenvalue weighted by atomic mass is 9.90. The second-order valence-corrected chi connectivity index (χ2v) is 10.2. The quantitative estimate of drug-likeness (QED) is 0.177. The number of pyridine rings is 2. The van der Waals surface area contributed by atoms with Gasteiger partial charge in [-0.1, -0.05) is 36.4 Å². The van der Waals surface area contributed by atoms with Crippen LogP contribution in [0.1, 0.15) is 52.8 Å². The van der Waals surface area contributed by atoms with Gasteiger partial charge in [-0.25, -0.2) is 4.98 Å². The number of nitro benzene ring substituents is 1. The van der Waals surface area contributed by atoms with E-state index in [-0.39, 0.29) is 11.7 Å². The van der Waals surface area contributed by atoms with Gasteiger partial charge >= 0.3 is 0 Å². The number of non-ortho nitro benzene ring substituents is 1. The lowest BCUT2D eigenvalue weighted by molar-refractivity contribution is -0.384. The molecule has 5 aromatic rings. The average Bonchev–Trinajstić information content (AvgIpc) is 3.40. The highest BCUT2D eigenvalue weighted by atomic mass is 16.6. The molecule has 2 aromatic carbocycles. The molecule has 40 heavy (non-hydrogen) atoms. The first-order valence-corrected chi connectivity index (χ1v) is 13.6. The molecule has 6 rings (SSSR count). The van der Waals surface area contributed by atoms with Crippen molar-refractivity contribution in [2.75, 3.05) is 0 Å². The van der Waals surface area contributed by atoms with Crippen LogP contribution in [0.15, 0.2) is 85.2 Å². The van der Waals surface area contributed by atoms with Crippen LogP contribution in [0.3, 0.4) is 0 Å². The van der Waals surface area contributed by atoms with Crippen LogP contribution in [0.4, 0.5) is 5.69 Å². The van der Waals surface area contributed by atoms with Gasteiger partial charge in [-0.2, -0.15) is 0 Å². The number of nitro groups is 1. The van der Waals surface area contributed by atoms with Crippen LogP contribution in [-0.2, 0) is 32.6 Å². The highest BCUT2D eigenvalue weighted by Gasteiger charge is 2.27. The van der Waals surface area contributed by atoms with E-state index >= 15 is 0 Å². The van der Waals surface area contributed by atoms with Gasteiger partial charge in [0.05, 0.1) is 39.9 Å². The molecule has 0 fully saturated rings. The lowest BCUT2D eigenvalue weighted by Crippen LogP contribution is -2.31. The molecule has 1 atom stereocenters. The third-order valence-electron chi connectivity index (χ3n) is 7.45. The molecule has 0 radical (unpaired) electrons. The van der Waals surface area contributed by atoms with Gasteiger partial charge in [0.1, 0.15) is 5.82 Å². The molecule has 1 unspecified atom stereocenters. The zero-order chi connectivity index (χ0) is 27.3. The van der Waals surface area contributed by atoms with Gasteiger partial charge < -0.3 is 10.3 Å². The van der Waals surface area contributed by atoms with Crippen molar-refractivity contribution in [2.45, 2.75) is 51.5 Å². The van der Waals surface area contributed by atoms with Crippen molar-refractivity contribution in [3.8, 4) is 0 Å². The van der Waals surface area contributed by atoms with Gasteiger partial charge in [-0.15, -0.1) is 0 Å². The number of hydrogen-bond donors (Lipinski definition) is 2. The number of rotatable bonds is 10. The summed E-state index contributed by atoms with van der Waals surface area (Å²) in [6.07, 6.45) is 7.11. The molecule has 0 amide bonds. The summed E-state index contributed by atoms with van der Waals surface area (Å²) < 4.78 is 0. The van der Waals surface area contributed by atoms with Gasteiger partial charge in [0.2, 0.25) is 0 Å². The second-order valence-electron chi connectivity index (χ2n) is 10.2. The molecule has 0 aliphatic heterocycles. The standard InChI is InChI=1S/C31H31N7O2/c39-38(40)26-13-14-27-28(17-26)36-30(35-27)19-32-18-22-9-11-23(12-10-22)20-37(21-25-7-1-2-15-33-25)29-8-3-5-24-6-4-16-34-31(24)29/h1-2,4,6-7,9-17,29,32H,3,5,8,18-21H2,(H,35,36). The number of aromatic amines is 1. The topological polar surface area (TPSA) is 113 Å². The molecule has 0 spiro atoms. The van der Waals surface area contributed by atoms with Crippen molar-refractivity contribution in [3.63, 3.8) is 0 Å².